The zero-order chi connectivity index (χ0) is 12.7. The van der Waals surface area contributed by atoms with E-state index in [2.05, 4.69) is 10.6 Å². The fourth-order valence-electron chi connectivity index (χ4n) is 1.58. The van der Waals surface area contributed by atoms with Gasteiger partial charge in [0.15, 0.2) is 0 Å². The molecule has 0 aromatic heterocycles. The van der Waals surface area contributed by atoms with Crippen LogP contribution in [0.5, 0.6) is 0 Å². The Balaban J connectivity index is 2.29. The highest BCUT2D eigenvalue weighted by Gasteiger charge is 2.27. The van der Waals surface area contributed by atoms with E-state index in [1.807, 2.05) is 6.92 Å². The summed E-state index contributed by atoms with van der Waals surface area (Å²) in [5.74, 6) is -1.33. The number of unbranched alkanes of at least 4 members (excludes halogenated alkanes) is 1. The van der Waals surface area contributed by atoms with Crippen LogP contribution in [-0.2, 0) is 14.3 Å². The average molecular weight is 244 g/mol. The summed E-state index contributed by atoms with van der Waals surface area (Å²) in [5.41, 5.74) is 0. The van der Waals surface area contributed by atoms with Crippen LogP contribution in [0.25, 0.3) is 0 Å². The van der Waals surface area contributed by atoms with E-state index >= 15 is 0 Å². The summed E-state index contributed by atoms with van der Waals surface area (Å²) in [7, 11) is 0. The molecule has 17 heavy (non-hydrogen) atoms. The van der Waals surface area contributed by atoms with Gasteiger partial charge in [-0.05, 0) is 12.8 Å². The highest BCUT2D eigenvalue weighted by Crippen LogP contribution is 2.07. The third kappa shape index (κ3) is 4.70. The summed E-state index contributed by atoms with van der Waals surface area (Å²) >= 11 is 0. The summed E-state index contributed by atoms with van der Waals surface area (Å²) in [5, 5.41) is 14.6. The summed E-state index contributed by atoms with van der Waals surface area (Å²) in [4.78, 5) is 22.8. The van der Waals surface area contributed by atoms with Crippen molar-refractivity contribution in [3.05, 3.63) is 0 Å². The quantitative estimate of drug-likeness (QED) is 0.445. The Bertz CT molecular complexity index is 270. The number of rotatable bonds is 4. The third-order valence-electron chi connectivity index (χ3n) is 2.66. The molecule has 0 radical (unpaired) electrons. The molecule has 2 atom stereocenters. The Morgan fingerprint density at radius 1 is 1.41 bits per heavy atom. The highest BCUT2D eigenvalue weighted by molar-refractivity contribution is 6.35. The SMILES string of the molecule is CCCCNC(=O)C(=O)NC1CCOCC1O. The fraction of sp³-hybridized carbons (Fsp3) is 0.818. The Morgan fingerprint density at radius 3 is 2.82 bits per heavy atom. The van der Waals surface area contributed by atoms with Crippen LogP contribution in [0.3, 0.4) is 0 Å². The largest absolute Gasteiger partial charge is 0.389 e. The van der Waals surface area contributed by atoms with Crippen LogP contribution in [0.2, 0.25) is 0 Å². The molecule has 1 rings (SSSR count). The van der Waals surface area contributed by atoms with Gasteiger partial charge in [0.1, 0.15) is 0 Å². The molecule has 98 valence electrons. The number of hydrogen-bond donors (Lipinski definition) is 3. The van der Waals surface area contributed by atoms with Crippen molar-refractivity contribution in [2.45, 2.75) is 38.3 Å². The monoisotopic (exact) mass is 244 g/mol. The summed E-state index contributed by atoms with van der Waals surface area (Å²) in [6.07, 6.45) is 1.59. The zero-order valence-corrected chi connectivity index (χ0v) is 10.1. The van der Waals surface area contributed by atoms with Gasteiger partial charge in [0.25, 0.3) is 0 Å². The molecule has 0 spiro atoms. The maximum atomic E-state index is 11.5. The van der Waals surface area contributed by atoms with Crippen molar-refractivity contribution < 1.29 is 19.4 Å². The number of amides is 2. The molecular weight excluding hydrogens is 224 g/mol. The number of carbonyl (C=O) groups is 2. The van der Waals surface area contributed by atoms with Gasteiger partial charge in [-0.25, -0.2) is 0 Å². The van der Waals surface area contributed by atoms with Gasteiger partial charge in [0.2, 0.25) is 0 Å². The number of nitrogens with one attached hydrogen (secondary N) is 2. The molecular formula is C11H20N2O4. The molecule has 6 nitrogen and oxygen atoms in total. The van der Waals surface area contributed by atoms with E-state index in [-0.39, 0.29) is 6.61 Å². The molecule has 0 aromatic rings. The first-order valence-corrected chi connectivity index (χ1v) is 5.99. The van der Waals surface area contributed by atoms with E-state index in [0.29, 0.717) is 19.6 Å². The van der Waals surface area contributed by atoms with Crippen molar-refractivity contribution in [3.8, 4) is 0 Å². The summed E-state index contributed by atoms with van der Waals surface area (Å²) in [6, 6.07) is -0.395. The second-order valence-corrected chi connectivity index (χ2v) is 4.12. The first-order chi connectivity index (χ1) is 8.15. The molecule has 0 saturated carbocycles. The van der Waals surface area contributed by atoms with Crippen molar-refractivity contribution in [2.24, 2.45) is 0 Å². The smallest absolute Gasteiger partial charge is 0.309 e. The minimum absolute atomic E-state index is 0.197. The number of ether oxygens (including phenoxy) is 1. The molecule has 1 aliphatic rings. The van der Waals surface area contributed by atoms with Crippen LogP contribution in [-0.4, -0.2) is 48.8 Å². The molecule has 2 unspecified atom stereocenters. The second kappa shape index (κ2) is 7.24. The van der Waals surface area contributed by atoms with Gasteiger partial charge in [0, 0.05) is 13.2 Å². The molecule has 0 bridgehead atoms. The average Bonchev–Trinajstić information content (AvgIpc) is 2.32. The van der Waals surface area contributed by atoms with Crippen LogP contribution in [0.1, 0.15) is 26.2 Å². The number of carbonyl (C=O) groups excluding carboxylic acids is 2. The lowest BCUT2D eigenvalue weighted by molar-refractivity contribution is -0.141. The molecule has 0 aliphatic carbocycles. The van der Waals surface area contributed by atoms with Crippen LogP contribution < -0.4 is 10.6 Å². The van der Waals surface area contributed by atoms with E-state index in [9.17, 15) is 14.7 Å². The van der Waals surface area contributed by atoms with Gasteiger partial charge in [-0.2, -0.15) is 0 Å². The Morgan fingerprint density at radius 2 is 2.18 bits per heavy atom. The van der Waals surface area contributed by atoms with E-state index in [1.165, 1.54) is 0 Å². The lowest BCUT2D eigenvalue weighted by Crippen LogP contribution is -2.52. The van der Waals surface area contributed by atoms with Crippen molar-refractivity contribution >= 4 is 11.8 Å². The minimum Gasteiger partial charge on any atom is -0.389 e. The normalized spacial score (nSPS) is 24.1. The number of aliphatic hydroxyl groups excluding tert-OH is 1. The van der Waals surface area contributed by atoms with E-state index in [1.54, 1.807) is 0 Å². The topological polar surface area (TPSA) is 87.7 Å². The first-order valence-electron chi connectivity index (χ1n) is 5.99. The highest BCUT2D eigenvalue weighted by atomic mass is 16.5. The van der Waals surface area contributed by atoms with Gasteiger partial charge < -0.3 is 20.5 Å². The predicted molar refractivity (Wildman–Crippen MR) is 61.3 cm³/mol. The zero-order valence-electron chi connectivity index (χ0n) is 10.1. The fourth-order valence-corrected chi connectivity index (χ4v) is 1.58. The molecule has 1 heterocycles. The third-order valence-corrected chi connectivity index (χ3v) is 2.66. The molecule has 0 aromatic carbocycles. The number of hydrogen-bond acceptors (Lipinski definition) is 4. The van der Waals surface area contributed by atoms with Crippen LogP contribution in [0.15, 0.2) is 0 Å². The second-order valence-electron chi connectivity index (χ2n) is 4.12. The van der Waals surface area contributed by atoms with E-state index in [0.717, 1.165) is 12.8 Å². The van der Waals surface area contributed by atoms with Crippen molar-refractivity contribution in [1.29, 1.82) is 0 Å². The Labute approximate surface area is 101 Å². The summed E-state index contributed by atoms with van der Waals surface area (Å²) < 4.78 is 5.03. The molecule has 1 saturated heterocycles. The van der Waals surface area contributed by atoms with Crippen LogP contribution in [0, 0.1) is 0 Å². The maximum Gasteiger partial charge on any atom is 0.309 e. The molecule has 2 amide bonds. The Kier molecular flexibility index (Phi) is 5.93. The molecule has 1 fully saturated rings. The van der Waals surface area contributed by atoms with Gasteiger partial charge in [-0.3, -0.25) is 9.59 Å². The minimum atomic E-state index is -0.740. The van der Waals surface area contributed by atoms with Crippen molar-refractivity contribution in [2.75, 3.05) is 19.8 Å². The molecule has 3 N–H and O–H groups in total. The first kappa shape index (κ1) is 13.9. The van der Waals surface area contributed by atoms with Crippen LogP contribution >= 0.6 is 0 Å². The van der Waals surface area contributed by atoms with Crippen molar-refractivity contribution in [3.63, 3.8) is 0 Å². The Hall–Kier alpha value is -1.14. The number of aliphatic hydroxyl groups is 1. The van der Waals surface area contributed by atoms with E-state index in [4.69, 9.17) is 4.74 Å². The molecule has 6 heteroatoms. The standard InChI is InChI=1S/C11H20N2O4/c1-2-3-5-12-10(15)11(16)13-8-4-6-17-7-9(8)14/h8-9,14H,2-7H2,1H3,(H,12,15)(H,13,16). The van der Waals surface area contributed by atoms with E-state index < -0.39 is 24.0 Å². The van der Waals surface area contributed by atoms with Gasteiger partial charge >= 0.3 is 11.8 Å². The van der Waals surface area contributed by atoms with Crippen LogP contribution in [0.4, 0.5) is 0 Å². The predicted octanol–water partition coefficient (Wildman–Crippen LogP) is -0.831. The lowest BCUT2D eigenvalue weighted by Gasteiger charge is -2.28. The lowest BCUT2D eigenvalue weighted by atomic mass is 10.1. The maximum absolute atomic E-state index is 11.5. The van der Waals surface area contributed by atoms with Gasteiger partial charge in [0.05, 0.1) is 18.8 Å². The van der Waals surface area contributed by atoms with Gasteiger partial charge in [-0.15, -0.1) is 0 Å². The van der Waals surface area contributed by atoms with Gasteiger partial charge in [-0.1, -0.05) is 13.3 Å². The summed E-state index contributed by atoms with van der Waals surface area (Å²) in [6.45, 7) is 3.19. The molecule has 1 aliphatic heterocycles. The van der Waals surface area contributed by atoms with Crippen molar-refractivity contribution in [1.82, 2.24) is 10.6 Å².